The lowest BCUT2D eigenvalue weighted by Crippen LogP contribution is -2.38. The molecule has 1 N–H and O–H groups in total. The first kappa shape index (κ1) is 14.0. The van der Waals surface area contributed by atoms with E-state index in [1.54, 1.807) is 7.11 Å². The number of aryl methyl sites for hydroxylation is 1. The molecule has 1 unspecified atom stereocenters. The molecule has 0 aliphatic carbocycles. The van der Waals surface area contributed by atoms with Crippen molar-refractivity contribution in [3.8, 4) is 0 Å². The Bertz CT molecular complexity index is 560. The summed E-state index contributed by atoms with van der Waals surface area (Å²) in [5.41, 5.74) is 2.04. The number of ether oxygens (including phenoxy) is 1. The molecule has 0 aliphatic rings. The molecule has 2 rings (SSSR count). The maximum atomic E-state index is 5.42. The molecule has 2 aromatic rings. The SMILES string of the molecule is COC(C)(C)CNC(C)c1nc2ccccc2n1C. The molecule has 0 bridgehead atoms. The van der Waals surface area contributed by atoms with Crippen molar-refractivity contribution < 1.29 is 4.74 Å². The summed E-state index contributed by atoms with van der Waals surface area (Å²) in [6.07, 6.45) is 0. The molecular weight excluding hydrogens is 238 g/mol. The Morgan fingerprint density at radius 2 is 2.05 bits per heavy atom. The zero-order valence-corrected chi connectivity index (χ0v) is 12.4. The molecule has 0 amide bonds. The van der Waals surface area contributed by atoms with Gasteiger partial charge in [0, 0.05) is 20.7 Å². The standard InChI is InChI=1S/C15H23N3O/c1-11(16-10-15(2,3)19-5)14-17-12-8-6-7-9-13(12)18(14)4/h6-9,11,16H,10H2,1-5H3. The predicted octanol–water partition coefficient (Wildman–Crippen LogP) is 2.65. The van der Waals surface area contributed by atoms with Crippen LogP contribution in [0.1, 0.15) is 32.6 Å². The van der Waals surface area contributed by atoms with E-state index in [4.69, 9.17) is 9.72 Å². The number of methoxy groups -OCH3 is 1. The number of hydrogen-bond acceptors (Lipinski definition) is 3. The highest BCUT2D eigenvalue weighted by atomic mass is 16.5. The van der Waals surface area contributed by atoms with Crippen molar-refractivity contribution in [2.24, 2.45) is 7.05 Å². The smallest absolute Gasteiger partial charge is 0.126 e. The average molecular weight is 261 g/mol. The lowest BCUT2D eigenvalue weighted by atomic mass is 10.1. The van der Waals surface area contributed by atoms with Crippen LogP contribution in [-0.4, -0.2) is 28.8 Å². The fourth-order valence-electron chi connectivity index (χ4n) is 2.11. The van der Waals surface area contributed by atoms with Crippen molar-refractivity contribution in [3.05, 3.63) is 30.1 Å². The Balaban J connectivity index is 2.17. The van der Waals surface area contributed by atoms with Gasteiger partial charge < -0.3 is 14.6 Å². The van der Waals surface area contributed by atoms with Crippen molar-refractivity contribution in [1.82, 2.24) is 14.9 Å². The lowest BCUT2D eigenvalue weighted by Gasteiger charge is -2.25. The van der Waals surface area contributed by atoms with Gasteiger partial charge in [-0.05, 0) is 32.9 Å². The van der Waals surface area contributed by atoms with E-state index in [-0.39, 0.29) is 11.6 Å². The van der Waals surface area contributed by atoms with Gasteiger partial charge in [0.1, 0.15) is 5.82 Å². The Hall–Kier alpha value is -1.39. The molecule has 4 heteroatoms. The fourth-order valence-corrected chi connectivity index (χ4v) is 2.11. The second-order valence-corrected chi connectivity index (χ2v) is 5.58. The van der Waals surface area contributed by atoms with Gasteiger partial charge in [-0.1, -0.05) is 12.1 Å². The highest BCUT2D eigenvalue weighted by molar-refractivity contribution is 5.75. The van der Waals surface area contributed by atoms with Gasteiger partial charge in [-0.25, -0.2) is 4.98 Å². The Morgan fingerprint density at radius 1 is 1.37 bits per heavy atom. The first-order valence-corrected chi connectivity index (χ1v) is 6.64. The first-order chi connectivity index (χ1) is 8.94. The zero-order valence-electron chi connectivity index (χ0n) is 12.4. The van der Waals surface area contributed by atoms with Gasteiger partial charge in [0.25, 0.3) is 0 Å². The molecule has 0 radical (unpaired) electrons. The van der Waals surface area contributed by atoms with Gasteiger partial charge in [-0.15, -0.1) is 0 Å². The largest absolute Gasteiger partial charge is 0.377 e. The summed E-state index contributed by atoms with van der Waals surface area (Å²) in [7, 11) is 3.80. The fraction of sp³-hybridized carbons (Fsp3) is 0.533. The van der Waals surface area contributed by atoms with Crippen molar-refractivity contribution in [2.75, 3.05) is 13.7 Å². The number of imidazole rings is 1. The second kappa shape index (κ2) is 5.31. The van der Waals surface area contributed by atoms with Crippen LogP contribution in [0.4, 0.5) is 0 Å². The summed E-state index contributed by atoms with van der Waals surface area (Å²) in [4.78, 5) is 4.70. The third kappa shape index (κ3) is 2.96. The van der Waals surface area contributed by atoms with Crippen LogP contribution in [0.5, 0.6) is 0 Å². The van der Waals surface area contributed by atoms with Gasteiger partial charge in [-0.2, -0.15) is 0 Å². The molecule has 1 atom stereocenters. The molecule has 1 aromatic heterocycles. The molecule has 0 spiro atoms. The van der Waals surface area contributed by atoms with E-state index in [0.29, 0.717) is 0 Å². The van der Waals surface area contributed by atoms with Crippen molar-refractivity contribution in [3.63, 3.8) is 0 Å². The summed E-state index contributed by atoms with van der Waals surface area (Å²) in [5, 5.41) is 3.48. The molecule has 0 aliphatic heterocycles. The highest BCUT2D eigenvalue weighted by Crippen LogP contribution is 2.19. The third-order valence-corrected chi connectivity index (χ3v) is 3.60. The molecule has 19 heavy (non-hydrogen) atoms. The lowest BCUT2D eigenvalue weighted by molar-refractivity contribution is 0.0212. The molecular formula is C15H23N3O. The van der Waals surface area contributed by atoms with E-state index in [0.717, 1.165) is 23.4 Å². The average Bonchev–Trinajstić information content (AvgIpc) is 2.74. The van der Waals surface area contributed by atoms with E-state index >= 15 is 0 Å². The summed E-state index contributed by atoms with van der Waals surface area (Å²) in [5.74, 6) is 1.05. The van der Waals surface area contributed by atoms with E-state index in [1.165, 1.54) is 0 Å². The highest BCUT2D eigenvalue weighted by Gasteiger charge is 2.20. The maximum Gasteiger partial charge on any atom is 0.126 e. The van der Waals surface area contributed by atoms with Crippen LogP contribution in [0.15, 0.2) is 24.3 Å². The number of para-hydroxylation sites is 2. The third-order valence-electron chi connectivity index (χ3n) is 3.60. The van der Waals surface area contributed by atoms with Crippen LogP contribution >= 0.6 is 0 Å². The number of aromatic nitrogens is 2. The van der Waals surface area contributed by atoms with E-state index < -0.39 is 0 Å². The van der Waals surface area contributed by atoms with Crippen LogP contribution in [0, 0.1) is 0 Å². The minimum Gasteiger partial charge on any atom is -0.377 e. The number of nitrogens with one attached hydrogen (secondary N) is 1. The van der Waals surface area contributed by atoms with Gasteiger partial charge in [0.15, 0.2) is 0 Å². The second-order valence-electron chi connectivity index (χ2n) is 5.58. The number of fused-ring (bicyclic) bond motifs is 1. The quantitative estimate of drug-likeness (QED) is 0.899. The number of hydrogen-bond donors (Lipinski definition) is 1. The summed E-state index contributed by atoms with van der Waals surface area (Å²) in [6.45, 7) is 7.06. The van der Waals surface area contributed by atoms with Gasteiger partial charge in [0.2, 0.25) is 0 Å². The maximum absolute atomic E-state index is 5.42. The first-order valence-electron chi connectivity index (χ1n) is 6.64. The van der Waals surface area contributed by atoms with Crippen LogP contribution < -0.4 is 5.32 Å². The number of nitrogens with zero attached hydrogens (tertiary/aromatic N) is 2. The molecule has 0 saturated heterocycles. The minimum absolute atomic E-state index is 0.168. The molecule has 0 fully saturated rings. The molecule has 1 heterocycles. The van der Waals surface area contributed by atoms with Crippen LogP contribution in [0.3, 0.4) is 0 Å². The van der Waals surface area contributed by atoms with Gasteiger partial charge in [0.05, 0.1) is 22.7 Å². The summed E-state index contributed by atoms with van der Waals surface area (Å²) in [6, 6.07) is 8.39. The van der Waals surface area contributed by atoms with Crippen molar-refractivity contribution in [1.29, 1.82) is 0 Å². The summed E-state index contributed by atoms with van der Waals surface area (Å²) < 4.78 is 7.57. The predicted molar refractivity (Wildman–Crippen MR) is 78.2 cm³/mol. The van der Waals surface area contributed by atoms with Crippen molar-refractivity contribution in [2.45, 2.75) is 32.4 Å². The van der Waals surface area contributed by atoms with Crippen molar-refractivity contribution >= 4 is 11.0 Å². The Morgan fingerprint density at radius 3 is 2.68 bits per heavy atom. The number of benzene rings is 1. The van der Waals surface area contributed by atoms with Gasteiger partial charge in [-0.3, -0.25) is 0 Å². The van der Waals surface area contributed by atoms with Crippen LogP contribution in [-0.2, 0) is 11.8 Å². The van der Waals surface area contributed by atoms with E-state index in [2.05, 4.69) is 43.8 Å². The minimum atomic E-state index is -0.168. The normalized spacial score (nSPS) is 13.9. The van der Waals surface area contributed by atoms with E-state index in [9.17, 15) is 0 Å². The summed E-state index contributed by atoms with van der Waals surface area (Å²) >= 11 is 0. The molecule has 0 saturated carbocycles. The number of rotatable bonds is 5. The van der Waals surface area contributed by atoms with Crippen LogP contribution in [0.2, 0.25) is 0 Å². The van der Waals surface area contributed by atoms with Gasteiger partial charge >= 0.3 is 0 Å². The Kier molecular flexibility index (Phi) is 3.92. The molecule has 1 aromatic carbocycles. The molecule has 104 valence electrons. The monoisotopic (exact) mass is 261 g/mol. The Labute approximate surface area is 114 Å². The zero-order chi connectivity index (χ0) is 14.0. The van der Waals surface area contributed by atoms with Crippen LogP contribution in [0.25, 0.3) is 11.0 Å². The molecule has 4 nitrogen and oxygen atoms in total. The topological polar surface area (TPSA) is 39.1 Å². The van der Waals surface area contributed by atoms with E-state index in [1.807, 2.05) is 18.2 Å².